The summed E-state index contributed by atoms with van der Waals surface area (Å²) in [4.78, 5) is 28.0. The first-order valence-corrected chi connectivity index (χ1v) is 11.6. The Morgan fingerprint density at radius 1 is 1.06 bits per heavy atom. The van der Waals surface area contributed by atoms with Crippen LogP contribution in [0.1, 0.15) is 44.0 Å². The lowest BCUT2D eigenvalue weighted by Crippen LogP contribution is -2.22. The van der Waals surface area contributed by atoms with Crippen LogP contribution in [0.3, 0.4) is 0 Å². The summed E-state index contributed by atoms with van der Waals surface area (Å²) in [7, 11) is 0. The number of halogens is 2. The number of nitrogens with one attached hydrogen (secondary N) is 2. The Labute approximate surface area is 195 Å². The molecule has 2 N–H and O–H groups in total. The Morgan fingerprint density at radius 2 is 1.78 bits per heavy atom. The van der Waals surface area contributed by atoms with Crippen LogP contribution in [0.5, 0.6) is 0 Å². The van der Waals surface area contributed by atoms with Crippen molar-refractivity contribution >= 4 is 45.4 Å². The van der Waals surface area contributed by atoms with Crippen LogP contribution in [0, 0.1) is 12.7 Å². The third-order valence-electron chi connectivity index (χ3n) is 5.40. The van der Waals surface area contributed by atoms with Crippen LogP contribution in [0.25, 0.3) is 0 Å². The maximum Gasteiger partial charge on any atom is 0.261 e. The van der Waals surface area contributed by atoms with Gasteiger partial charge in [-0.3, -0.25) is 9.59 Å². The fraction of sp³-hybridized carbons (Fsp3) is 0.250. The first-order valence-electron chi connectivity index (χ1n) is 10.4. The van der Waals surface area contributed by atoms with Gasteiger partial charge in [0.15, 0.2) is 0 Å². The van der Waals surface area contributed by atoms with Crippen molar-refractivity contribution in [3.05, 3.63) is 80.9 Å². The number of amides is 2. The Morgan fingerprint density at radius 3 is 2.47 bits per heavy atom. The number of aryl methyl sites for hydroxylation is 1. The largest absolute Gasteiger partial charge is 0.372 e. The topological polar surface area (TPSA) is 61.4 Å². The summed E-state index contributed by atoms with van der Waals surface area (Å²) in [5.74, 6) is -1.17. The third kappa shape index (κ3) is 5.11. The molecule has 2 aromatic carbocycles. The number of benzene rings is 2. The molecule has 0 saturated carbocycles. The lowest BCUT2D eigenvalue weighted by atomic mass is 10.2. The van der Waals surface area contributed by atoms with Crippen LogP contribution in [-0.2, 0) is 6.54 Å². The Kier molecular flexibility index (Phi) is 6.77. The van der Waals surface area contributed by atoms with Crippen LogP contribution < -0.4 is 15.5 Å². The van der Waals surface area contributed by atoms with Crippen LogP contribution >= 0.6 is 22.9 Å². The zero-order valence-electron chi connectivity index (χ0n) is 17.6. The summed E-state index contributed by atoms with van der Waals surface area (Å²) < 4.78 is 13.2. The number of carbonyl (C=O) groups is 2. The smallest absolute Gasteiger partial charge is 0.261 e. The van der Waals surface area contributed by atoms with Gasteiger partial charge in [-0.1, -0.05) is 23.7 Å². The minimum absolute atomic E-state index is 0.0319. The molecule has 2 amide bonds. The fourth-order valence-electron chi connectivity index (χ4n) is 3.68. The second-order valence-corrected chi connectivity index (χ2v) is 9.20. The molecule has 0 radical (unpaired) electrons. The number of rotatable bonds is 6. The average molecular weight is 472 g/mol. The molecule has 0 spiro atoms. The minimum atomic E-state index is -0.511. The van der Waals surface area contributed by atoms with E-state index in [2.05, 4.69) is 27.7 Å². The van der Waals surface area contributed by atoms with E-state index in [1.165, 1.54) is 42.0 Å². The molecule has 3 aromatic rings. The summed E-state index contributed by atoms with van der Waals surface area (Å²) in [5, 5.41) is 6.22. The summed E-state index contributed by atoms with van der Waals surface area (Å²) >= 11 is 7.15. The predicted molar refractivity (Wildman–Crippen MR) is 127 cm³/mol. The Balaban J connectivity index is 1.36. The maximum absolute atomic E-state index is 13.2. The predicted octanol–water partition coefficient (Wildman–Crippen LogP) is 5.63. The first-order chi connectivity index (χ1) is 15.4. The maximum atomic E-state index is 13.2. The number of hydrogen-bond donors (Lipinski definition) is 2. The number of nitrogens with zero attached hydrogens (tertiary/aromatic N) is 1. The molecule has 0 aliphatic carbocycles. The van der Waals surface area contributed by atoms with Crippen molar-refractivity contribution in [2.24, 2.45) is 0 Å². The summed E-state index contributed by atoms with van der Waals surface area (Å²) in [5.41, 5.74) is 3.17. The standard InChI is InChI=1S/C24H23ClFN3O2S/c1-15-12-21(28-23(30)19-9-6-17(26)13-20(19)25)32-22(15)24(31)27-14-16-4-7-18(8-5-16)29-10-2-3-11-29/h4-9,12-13H,2-3,10-11,14H2,1H3,(H,27,31)(H,28,30). The molecule has 1 aliphatic rings. The Hall–Kier alpha value is -2.90. The van der Waals surface area contributed by atoms with E-state index in [1.807, 2.05) is 19.1 Å². The molecule has 0 atom stereocenters. The van der Waals surface area contributed by atoms with E-state index in [4.69, 9.17) is 11.6 Å². The van der Waals surface area contributed by atoms with Gasteiger partial charge >= 0.3 is 0 Å². The van der Waals surface area contributed by atoms with Crippen LogP contribution in [0.4, 0.5) is 15.1 Å². The van der Waals surface area contributed by atoms with Gasteiger partial charge in [0.1, 0.15) is 5.82 Å². The van der Waals surface area contributed by atoms with Gasteiger partial charge in [-0.15, -0.1) is 11.3 Å². The Bertz CT molecular complexity index is 1140. The molecule has 166 valence electrons. The number of carbonyl (C=O) groups excluding carboxylic acids is 2. The van der Waals surface area contributed by atoms with E-state index in [-0.39, 0.29) is 16.5 Å². The number of anilines is 2. The van der Waals surface area contributed by atoms with Gasteiger partial charge in [-0.25, -0.2) is 4.39 Å². The molecule has 1 fully saturated rings. The van der Waals surface area contributed by atoms with Crippen molar-refractivity contribution in [3.63, 3.8) is 0 Å². The quantitative estimate of drug-likeness (QED) is 0.489. The highest BCUT2D eigenvalue weighted by Crippen LogP contribution is 2.28. The van der Waals surface area contributed by atoms with Crippen LogP contribution in [0.15, 0.2) is 48.5 Å². The van der Waals surface area contributed by atoms with Crippen LogP contribution in [0.2, 0.25) is 5.02 Å². The van der Waals surface area contributed by atoms with E-state index in [0.717, 1.165) is 30.3 Å². The van der Waals surface area contributed by atoms with Crippen molar-refractivity contribution in [2.75, 3.05) is 23.3 Å². The molecule has 0 bridgehead atoms. The van der Waals surface area contributed by atoms with E-state index in [9.17, 15) is 14.0 Å². The fourth-order valence-corrected chi connectivity index (χ4v) is 4.92. The molecule has 1 aliphatic heterocycles. The van der Waals surface area contributed by atoms with E-state index >= 15 is 0 Å². The van der Waals surface area contributed by atoms with Crippen molar-refractivity contribution in [3.8, 4) is 0 Å². The molecule has 4 rings (SSSR count). The molecule has 32 heavy (non-hydrogen) atoms. The molecule has 1 saturated heterocycles. The van der Waals surface area contributed by atoms with E-state index in [1.54, 1.807) is 6.07 Å². The lowest BCUT2D eigenvalue weighted by molar-refractivity contribution is 0.0953. The number of hydrogen-bond acceptors (Lipinski definition) is 4. The molecular weight excluding hydrogens is 449 g/mol. The highest BCUT2D eigenvalue weighted by atomic mass is 35.5. The molecular formula is C24H23ClFN3O2S. The van der Waals surface area contributed by atoms with Gasteiger partial charge in [0, 0.05) is 25.3 Å². The average Bonchev–Trinajstić information content (AvgIpc) is 3.42. The van der Waals surface area contributed by atoms with Gasteiger partial charge in [0.2, 0.25) is 0 Å². The minimum Gasteiger partial charge on any atom is -0.372 e. The van der Waals surface area contributed by atoms with Crippen molar-refractivity contribution in [1.82, 2.24) is 5.32 Å². The van der Waals surface area contributed by atoms with E-state index in [0.29, 0.717) is 16.4 Å². The molecule has 0 unspecified atom stereocenters. The summed E-state index contributed by atoms with van der Waals surface area (Å²) in [6, 6.07) is 13.6. The third-order valence-corrected chi connectivity index (χ3v) is 6.86. The molecule has 5 nitrogen and oxygen atoms in total. The van der Waals surface area contributed by atoms with Crippen molar-refractivity contribution < 1.29 is 14.0 Å². The lowest BCUT2D eigenvalue weighted by Gasteiger charge is -2.17. The molecule has 1 aromatic heterocycles. The summed E-state index contributed by atoms with van der Waals surface area (Å²) in [6.45, 7) is 4.43. The van der Waals surface area contributed by atoms with Crippen LogP contribution in [-0.4, -0.2) is 24.9 Å². The van der Waals surface area contributed by atoms with Gasteiger partial charge in [0.05, 0.1) is 20.5 Å². The monoisotopic (exact) mass is 471 g/mol. The van der Waals surface area contributed by atoms with Crippen molar-refractivity contribution in [1.29, 1.82) is 0 Å². The van der Waals surface area contributed by atoms with Gasteiger partial charge < -0.3 is 15.5 Å². The summed E-state index contributed by atoms with van der Waals surface area (Å²) in [6.07, 6.45) is 2.47. The second-order valence-electron chi connectivity index (χ2n) is 7.74. The molecule has 2 heterocycles. The normalized spacial score (nSPS) is 13.3. The zero-order valence-corrected chi connectivity index (χ0v) is 19.2. The molecule has 8 heteroatoms. The SMILES string of the molecule is Cc1cc(NC(=O)c2ccc(F)cc2Cl)sc1C(=O)NCc1ccc(N2CCCC2)cc1. The van der Waals surface area contributed by atoms with Gasteiger partial charge in [0.25, 0.3) is 11.8 Å². The zero-order chi connectivity index (χ0) is 22.7. The van der Waals surface area contributed by atoms with Crippen molar-refractivity contribution in [2.45, 2.75) is 26.3 Å². The highest BCUT2D eigenvalue weighted by Gasteiger charge is 2.17. The number of thiophene rings is 1. The first kappa shape index (κ1) is 22.3. The van der Waals surface area contributed by atoms with E-state index < -0.39 is 11.7 Å². The van der Waals surface area contributed by atoms with Gasteiger partial charge in [-0.2, -0.15) is 0 Å². The second kappa shape index (κ2) is 9.71. The van der Waals surface area contributed by atoms with Gasteiger partial charge in [-0.05, 0) is 67.3 Å². The highest BCUT2D eigenvalue weighted by molar-refractivity contribution is 7.18.